The van der Waals surface area contributed by atoms with E-state index in [4.69, 9.17) is 11.6 Å². The van der Waals surface area contributed by atoms with Crippen LogP contribution in [0.3, 0.4) is 0 Å². The number of nitrogens with one attached hydrogen (secondary N) is 2. The van der Waals surface area contributed by atoms with Crippen molar-refractivity contribution in [2.45, 2.75) is 25.4 Å². The molecule has 3 rings (SSSR count). The van der Waals surface area contributed by atoms with Crippen LogP contribution in [-0.4, -0.2) is 17.1 Å². The molecule has 1 aromatic heterocycles. The van der Waals surface area contributed by atoms with Crippen molar-refractivity contribution in [2.24, 2.45) is 0 Å². The van der Waals surface area contributed by atoms with Crippen molar-refractivity contribution in [1.82, 2.24) is 15.2 Å². The molecule has 2 N–H and O–H groups in total. The predicted octanol–water partition coefficient (Wildman–Crippen LogP) is 2.49. The van der Waals surface area contributed by atoms with E-state index in [1.165, 1.54) is 11.6 Å². The second-order valence-electron chi connectivity index (χ2n) is 5.57. The molecule has 1 atom stereocenters. The van der Waals surface area contributed by atoms with Crippen molar-refractivity contribution >= 4 is 17.6 Å². The fraction of sp³-hybridized carbons (Fsp3) is 0.294. The van der Waals surface area contributed by atoms with Gasteiger partial charge in [-0.3, -0.25) is 4.79 Å². The minimum absolute atomic E-state index is 0.0155. The minimum atomic E-state index is -0.221. The number of amides is 2. The van der Waals surface area contributed by atoms with Gasteiger partial charge in [-0.25, -0.2) is 4.79 Å². The van der Waals surface area contributed by atoms with Gasteiger partial charge in [-0.1, -0.05) is 23.7 Å². The molecule has 0 fully saturated rings. The number of carbonyl (C=O) groups excluding carboxylic acids is 1. The third-order valence-corrected chi connectivity index (χ3v) is 4.26. The zero-order valence-corrected chi connectivity index (χ0v) is 13.3. The van der Waals surface area contributed by atoms with Gasteiger partial charge in [0.15, 0.2) is 0 Å². The second kappa shape index (κ2) is 6.87. The maximum Gasteiger partial charge on any atom is 0.315 e. The molecule has 1 aliphatic rings. The fourth-order valence-corrected chi connectivity index (χ4v) is 3.08. The number of aromatic nitrogens is 1. The standard InChI is InChI=1S/C17H18ClN3O2/c18-13-5-6-14-12(11-13)4-7-15(14)20-17(23)19-8-10-21-9-2-1-3-16(21)22/h1-3,5-6,9,11,15H,4,7-8,10H2,(H2,19,20,23)/t15-/m1/s1. The van der Waals surface area contributed by atoms with Gasteiger partial charge in [0, 0.05) is 30.4 Å². The van der Waals surface area contributed by atoms with Gasteiger partial charge in [0.1, 0.15) is 0 Å². The molecule has 0 aliphatic heterocycles. The molecule has 0 spiro atoms. The quantitative estimate of drug-likeness (QED) is 0.904. The van der Waals surface area contributed by atoms with Gasteiger partial charge < -0.3 is 15.2 Å². The number of carbonyl (C=O) groups is 1. The van der Waals surface area contributed by atoms with Crippen LogP contribution in [0.4, 0.5) is 4.79 Å². The van der Waals surface area contributed by atoms with Crippen LogP contribution in [0.25, 0.3) is 0 Å². The SMILES string of the molecule is O=C(NCCn1ccccc1=O)N[C@@H]1CCc2cc(Cl)ccc21. The van der Waals surface area contributed by atoms with E-state index in [0.29, 0.717) is 13.1 Å². The third-order valence-electron chi connectivity index (χ3n) is 4.03. The number of halogens is 1. The minimum Gasteiger partial charge on any atom is -0.336 e. The maximum atomic E-state index is 12.0. The van der Waals surface area contributed by atoms with E-state index in [2.05, 4.69) is 10.6 Å². The van der Waals surface area contributed by atoms with Crippen molar-refractivity contribution in [2.75, 3.05) is 6.54 Å². The van der Waals surface area contributed by atoms with Gasteiger partial charge in [0.25, 0.3) is 5.56 Å². The van der Waals surface area contributed by atoms with Crippen molar-refractivity contribution < 1.29 is 4.79 Å². The second-order valence-corrected chi connectivity index (χ2v) is 6.00. The van der Waals surface area contributed by atoms with Gasteiger partial charge in [0.2, 0.25) is 0 Å². The van der Waals surface area contributed by atoms with Gasteiger partial charge in [-0.15, -0.1) is 0 Å². The molecule has 0 unspecified atom stereocenters. The van der Waals surface area contributed by atoms with E-state index in [0.717, 1.165) is 23.4 Å². The number of hydrogen-bond donors (Lipinski definition) is 2. The molecular formula is C17H18ClN3O2. The fourth-order valence-electron chi connectivity index (χ4n) is 2.88. The molecule has 2 aromatic rings. The van der Waals surface area contributed by atoms with Crippen LogP contribution in [0.1, 0.15) is 23.6 Å². The molecule has 0 radical (unpaired) electrons. The number of nitrogens with zero attached hydrogens (tertiary/aromatic N) is 1. The average Bonchev–Trinajstić information content (AvgIpc) is 2.91. The number of benzene rings is 1. The Kier molecular flexibility index (Phi) is 4.67. The molecule has 6 heteroatoms. The Balaban J connectivity index is 1.51. The van der Waals surface area contributed by atoms with Crippen molar-refractivity contribution in [1.29, 1.82) is 0 Å². The molecule has 120 valence electrons. The Labute approximate surface area is 139 Å². The van der Waals surface area contributed by atoms with E-state index in [1.807, 2.05) is 18.2 Å². The van der Waals surface area contributed by atoms with E-state index in [1.54, 1.807) is 22.9 Å². The number of fused-ring (bicyclic) bond motifs is 1. The molecule has 23 heavy (non-hydrogen) atoms. The van der Waals surface area contributed by atoms with Crippen LogP contribution in [-0.2, 0) is 13.0 Å². The Morgan fingerprint density at radius 3 is 3.00 bits per heavy atom. The summed E-state index contributed by atoms with van der Waals surface area (Å²) in [5, 5.41) is 6.49. The smallest absolute Gasteiger partial charge is 0.315 e. The Morgan fingerprint density at radius 1 is 1.30 bits per heavy atom. The topological polar surface area (TPSA) is 63.1 Å². The van der Waals surface area contributed by atoms with Crippen LogP contribution >= 0.6 is 11.6 Å². The predicted molar refractivity (Wildman–Crippen MR) is 89.8 cm³/mol. The molecule has 0 bridgehead atoms. The Morgan fingerprint density at radius 2 is 2.17 bits per heavy atom. The van der Waals surface area contributed by atoms with Gasteiger partial charge in [-0.2, -0.15) is 0 Å². The first-order valence-corrected chi connectivity index (χ1v) is 7.99. The highest BCUT2D eigenvalue weighted by molar-refractivity contribution is 6.30. The number of pyridine rings is 1. The van der Waals surface area contributed by atoms with Crippen LogP contribution < -0.4 is 16.2 Å². The highest BCUT2D eigenvalue weighted by Crippen LogP contribution is 2.32. The molecule has 0 saturated carbocycles. The van der Waals surface area contributed by atoms with E-state index in [-0.39, 0.29) is 17.6 Å². The number of rotatable bonds is 4. The number of aryl methyl sites for hydroxylation is 1. The van der Waals surface area contributed by atoms with E-state index < -0.39 is 0 Å². The summed E-state index contributed by atoms with van der Waals surface area (Å²) < 4.78 is 1.56. The first-order chi connectivity index (χ1) is 11.1. The normalized spacial score (nSPS) is 16.0. The molecule has 5 nitrogen and oxygen atoms in total. The molecule has 0 saturated heterocycles. The molecule has 2 amide bonds. The summed E-state index contributed by atoms with van der Waals surface area (Å²) in [6, 6.07) is 10.6. The maximum absolute atomic E-state index is 12.0. The highest BCUT2D eigenvalue weighted by atomic mass is 35.5. The van der Waals surface area contributed by atoms with Crippen LogP contribution in [0.2, 0.25) is 5.02 Å². The first kappa shape index (κ1) is 15.6. The van der Waals surface area contributed by atoms with E-state index >= 15 is 0 Å². The lowest BCUT2D eigenvalue weighted by atomic mass is 10.1. The van der Waals surface area contributed by atoms with Crippen molar-refractivity contribution in [3.8, 4) is 0 Å². The Bertz CT molecular complexity index is 772. The highest BCUT2D eigenvalue weighted by Gasteiger charge is 2.23. The van der Waals surface area contributed by atoms with Gasteiger partial charge in [-0.05, 0) is 42.2 Å². The lowest BCUT2D eigenvalue weighted by Gasteiger charge is -2.15. The summed E-state index contributed by atoms with van der Waals surface area (Å²) in [4.78, 5) is 23.6. The summed E-state index contributed by atoms with van der Waals surface area (Å²) in [7, 11) is 0. The molecule has 1 heterocycles. The number of hydrogen-bond acceptors (Lipinski definition) is 2. The molecule has 1 aliphatic carbocycles. The average molecular weight is 332 g/mol. The largest absolute Gasteiger partial charge is 0.336 e. The first-order valence-electron chi connectivity index (χ1n) is 7.61. The zero-order valence-electron chi connectivity index (χ0n) is 12.6. The number of urea groups is 1. The summed E-state index contributed by atoms with van der Waals surface area (Å²) in [5.74, 6) is 0. The summed E-state index contributed by atoms with van der Waals surface area (Å²) in [6.45, 7) is 0.847. The third kappa shape index (κ3) is 3.74. The van der Waals surface area contributed by atoms with Crippen LogP contribution in [0.5, 0.6) is 0 Å². The summed E-state index contributed by atoms with van der Waals surface area (Å²) in [6.07, 6.45) is 3.50. The zero-order chi connectivity index (χ0) is 16.2. The molecule has 1 aromatic carbocycles. The monoisotopic (exact) mass is 331 g/mol. The lowest BCUT2D eigenvalue weighted by molar-refractivity contribution is 0.236. The Hall–Kier alpha value is -2.27. The summed E-state index contributed by atoms with van der Waals surface area (Å²) in [5.41, 5.74) is 2.25. The van der Waals surface area contributed by atoms with Crippen molar-refractivity contribution in [3.63, 3.8) is 0 Å². The van der Waals surface area contributed by atoms with Crippen molar-refractivity contribution in [3.05, 3.63) is 69.1 Å². The molecular weight excluding hydrogens is 314 g/mol. The van der Waals surface area contributed by atoms with Gasteiger partial charge >= 0.3 is 6.03 Å². The van der Waals surface area contributed by atoms with Gasteiger partial charge in [0.05, 0.1) is 6.04 Å². The van der Waals surface area contributed by atoms with Crippen LogP contribution in [0.15, 0.2) is 47.4 Å². The lowest BCUT2D eigenvalue weighted by Crippen LogP contribution is -2.39. The van der Waals surface area contributed by atoms with Crippen LogP contribution in [0, 0.1) is 0 Å². The summed E-state index contributed by atoms with van der Waals surface area (Å²) >= 11 is 5.99. The van der Waals surface area contributed by atoms with E-state index in [9.17, 15) is 9.59 Å².